The number of nitrogens with zero attached hydrogens (tertiary/aromatic N) is 1. The number of aryl methyl sites for hydroxylation is 1. The van der Waals surface area contributed by atoms with E-state index in [9.17, 15) is 9.90 Å². The maximum atomic E-state index is 11.6. The van der Waals surface area contributed by atoms with Crippen LogP contribution in [0.5, 0.6) is 0 Å². The zero-order chi connectivity index (χ0) is 13.0. The van der Waals surface area contributed by atoms with Crippen molar-refractivity contribution < 1.29 is 9.90 Å². The number of hydrogen-bond acceptors (Lipinski definition) is 5. The molecule has 1 amide bonds. The van der Waals surface area contributed by atoms with E-state index in [-0.39, 0.29) is 18.9 Å². The maximum absolute atomic E-state index is 11.6. The standard InChI is InChI=1S/C12H14N2O2S2/c1-8-14-10(7-18-8)4-12(16)13-5-11(15)9-2-3-17-6-9/h2-3,6-7,11,15H,4-5H2,1H3,(H,13,16). The minimum atomic E-state index is -0.641. The van der Waals surface area contributed by atoms with Crippen LogP contribution in [0.1, 0.15) is 22.4 Å². The van der Waals surface area contributed by atoms with Crippen LogP contribution in [0.15, 0.2) is 22.2 Å². The highest BCUT2D eigenvalue weighted by Gasteiger charge is 2.11. The molecule has 2 rings (SSSR count). The molecule has 2 N–H and O–H groups in total. The highest BCUT2D eigenvalue weighted by atomic mass is 32.1. The van der Waals surface area contributed by atoms with Crippen molar-refractivity contribution in [2.45, 2.75) is 19.4 Å². The number of thiazole rings is 1. The number of carbonyl (C=O) groups is 1. The van der Waals surface area contributed by atoms with Crippen molar-refractivity contribution in [2.24, 2.45) is 0 Å². The summed E-state index contributed by atoms with van der Waals surface area (Å²) < 4.78 is 0. The predicted molar refractivity (Wildman–Crippen MR) is 72.8 cm³/mol. The van der Waals surface area contributed by atoms with Crippen LogP contribution in [-0.2, 0) is 11.2 Å². The lowest BCUT2D eigenvalue weighted by molar-refractivity contribution is -0.120. The summed E-state index contributed by atoms with van der Waals surface area (Å²) in [7, 11) is 0. The van der Waals surface area contributed by atoms with Gasteiger partial charge in [-0.05, 0) is 29.3 Å². The van der Waals surface area contributed by atoms with E-state index in [4.69, 9.17) is 0 Å². The number of rotatable bonds is 5. The van der Waals surface area contributed by atoms with Crippen LogP contribution in [0.4, 0.5) is 0 Å². The molecule has 0 aliphatic rings. The first kappa shape index (κ1) is 13.2. The van der Waals surface area contributed by atoms with Gasteiger partial charge in [-0.3, -0.25) is 4.79 Å². The number of thiophene rings is 1. The number of aromatic nitrogens is 1. The normalized spacial score (nSPS) is 12.3. The van der Waals surface area contributed by atoms with Crippen LogP contribution in [0.25, 0.3) is 0 Å². The van der Waals surface area contributed by atoms with Gasteiger partial charge in [-0.15, -0.1) is 11.3 Å². The molecular weight excluding hydrogens is 268 g/mol. The lowest BCUT2D eigenvalue weighted by Crippen LogP contribution is -2.29. The number of nitrogens with one attached hydrogen (secondary N) is 1. The molecule has 0 spiro atoms. The Labute approximate surface area is 113 Å². The third kappa shape index (κ3) is 3.63. The third-order valence-electron chi connectivity index (χ3n) is 2.43. The molecule has 0 aliphatic carbocycles. The third-order valence-corrected chi connectivity index (χ3v) is 3.95. The van der Waals surface area contributed by atoms with Gasteiger partial charge in [0.25, 0.3) is 0 Å². The summed E-state index contributed by atoms with van der Waals surface area (Å²) in [6.45, 7) is 2.14. The van der Waals surface area contributed by atoms with Crippen LogP contribution in [0, 0.1) is 6.92 Å². The van der Waals surface area contributed by atoms with Crippen LogP contribution in [0.2, 0.25) is 0 Å². The van der Waals surface area contributed by atoms with Crippen molar-refractivity contribution in [1.82, 2.24) is 10.3 Å². The fraction of sp³-hybridized carbons (Fsp3) is 0.333. The summed E-state index contributed by atoms with van der Waals surface area (Å²) in [4.78, 5) is 15.9. The zero-order valence-corrected chi connectivity index (χ0v) is 11.6. The molecule has 1 unspecified atom stereocenters. The molecule has 0 bridgehead atoms. The SMILES string of the molecule is Cc1nc(CC(=O)NCC(O)c2ccsc2)cs1. The summed E-state index contributed by atoms with van der Waals surface area (Å²) in [5.41, 5.74) is 1.62. The highest BCUT2D eigenvalue weighted by molar-refractivity contribution is 7.09. The summed E-state index contributed by atoms with van der Waals surface area (Å²) in [6, 6.07) is 1.85. The molecule has 0 aromatic carbocycles. The van der Waals surface area contributed by atoms with E-state index in [0.717, 1.165) is 16.3 Å². The molecule has 1 atom stereocenters. The Balaban J connectivity index is 1.78. The average Bonchev–Trinajstić information content (AvgIpc) is 2.97. The monoisotopic (exact) mass is 282 g/mol. The molecule has 0 saturated heterocycles. The van der Waals surface area contributed by atoms with E-state index in [1.807, 2.05) is 29.1 Å². The first-order valence-electron chi connectivity index (χ1n) is 5.53. The van der Waals surface area contributed by atoms with Crippen LogP contribution in [0.3, 0.4) is 0 Å². The Morgan fingerprint density at radius 3 is 3.00 bits per heavy atom. The Morgan fingerprint density at radius 1 is 1.56 bits per heavy atom. The van der Waals surface area contributed by atoms with Gasteiger partial charge in [-0.25, -0.2) is 4.98 Å². The predicted octanol–water partition coefficient (Wildman–Crippen LogP) is 1.91. The van der Waals surface area contributed by atoms with Gasteiger partial charge in [0.05, 0.1) is 23.2 Å². The fourth-order valence-corrected chi connectivity index (χ4v) is 2.83. The fourth-order valence-electron chi connectivity index (χ4n) is 1.51. The molecule has 6 heteroatoms. The molecule has 2 aromatic heterocycles. The topological polar surface area (TPSA) is 62.2 Å². The van der Waals surface area contributed by atoms with Crippen LogP contribution in [-0.4, -0.2) is 22.5 Å². The van der Waals surface area contributed by atoms with Gasteiger partial charge in [0, 0.05) is 11.9 Å². The van der Waals surface area contributed by atoms with E-state index in [2.05, 4.69) is 10.3 Å². The van der Waals surface area contributed by atoms with E-state index in [1.54, 1.807) is 0 Å². The lowest BCUT2D eigenvalue weighted by Gasteiger charge is -2.09. The average molecular weight is 282 g/mol. The largest absolute Gasteiger partial charge is 0.387 e. The molecule has 0 aliphatic heterocycles. The molecule has 0 fully saturated rings. The zero-order valence-electron chi connectivity index (χ0n) is 9.92. The number of hydrogen-bond donors (Lipinski definition) is 2. The summed E-state index contributed by atoms with van der Waals surface area (Å²) in [5.74, 6) is -0.116. The number of aliphatic hydroxyl groups is 1. The van der Waals surface area contributed by atoms with E-state index >= 15 is 0 Å². The lowest BCUT2D eigenvalue weighted by atomic mass is 10.2. The van der Waals surface area contributed by atoms with Gasteiger partial charge in [0.2, 0.25) is 5.91 Å². The molecule has 2 heterocycles. The molecule has 0 saturated carbocycles. The van der Waals surface area contributed by atoms with Crippen molar-refractivity contribution in [3.05, 3.63) is 38.5 Å². The van der Waals surface area contributed by atoms with Gasteiger partial charge in [-0.2, -0.15) is 11.3 Å². The molecule has 2 aromatic rings. The first-order chi connectivity index (χ1) is 8.65. The summed E-state index contributed by atoms with van der Waals surface area (Å²) in [6.07, 6.45) is -0.377. The van der Waals surface area contributed by atoms with Gasteiger partial charge < -0.3 is 10.4 Å². The van der Waals surface area contributed by atoms with Crippen LogP contribution < -0.4 is 5.32 Å². The minimum absolute atomic E-state index is 0.116. The van der Waals surface area contributed by atoms with Gasteiger partial charge in [-0.1, -0.05) is 0 Å². The smallest absolute Gasteiger partial charge is 0.226 e. The molecular formula is C12H14N2O2S2. The Bertz CT molecular complexity index is 508. The number of carbonyl (C=O) groups excluding carboxylic acids is 1. The second-order valence-electron chi connectivity index (χ2n) is 3.91. The van der Waals surface area contributed by atoms with Crippen molar-refractivity contribution in [3.8, 4) is 0 Å². The van der Waals surface area contributed by atoms with Crippen LogP contribution >= 0.6 is 22.7 Å². The molecule has 0 radical (unpaired) electrons. The highest BCUT2D eigenvalue weighted by Crippen LogP contribution is 2.15. The number of aliphatic hydroxyl groups excluding tert-OH is 1. The van der Waals surface area contributed by atoms with E-state index in [0.29, 0.717) is 0 Å². The van der Waals surface area contributed by atoms with E-state index in [1.165, 1.54) is 22.7 Å². The van der Waals surface area contributed by atoms with E-state index < -0.39 is 6.10 Å². The minimum Gasteiger partial charge on any atom is -0.387 e. The van der Waals surface area contributed by atoms with Gasteiger partial charge >= 0.3 is 0 Å². The second-order valence-corrected chi connectivity index (χ2v) is 5.75. The molecule has 96 valence electrons. The molecule has 4 nitrogen and oxygen atoms in total. The summed E-state index contributed by atoms with van der Waals surface area (Å²) >= 11 is 3.06. The van der Waals surface area contributed by atoms with Gasteiger partial charge in [0.15, 0.2) is 0 Å². The summed E-state index contributed by atoms with van der Waals surface area (Å²) in [5, 5.41) is 19.1. The molecule has 18 heavy (non-hydrogen) atoms. The van der Waals surface area contributed by atoms with Crippen molar-refractivity contribution >= 4 is 28.6 Å². The van der Waals surface area contributed by atoms with Crippen molar-refractivity contribution in [2.75, 3.05) is 6.54 Å². The maximum Gasteiger partial charge on any atom is 0.226 e. The van der Waals surface area contributed by atoms with Crippen molar-refractivity contribution in [3.63, 3.8) is 0 Å². The van der Waals surface area contributed by atoms with Crippen molar-refractivity contribution in [1.29, 1.82) is 0 Å². The van der Waals surface area contributed by atoms with Gasteiger partial charge in [0.1, 0.15) is 0 Å². The Hall–Kier alpha value is -1.24. The second kappa shape index (κ2) is 6.08. The quantitative estimate of drug-likeness (QED) is 0.880. The Kier molecular flexibility index (Phi) is 4.46. The first-order valence-corrected chi connectivity index (χ1v) is 7.35. The Morgan fingerprint density at radius 2 is 2.39 bits per heavy atom. The number of amides is 1.